The Morgan fingerprint density at radius 1 is 1.38 bits per heavy atom. The quantitative estimate of drug-likeness (QED) is 0.833. The van der Waals surface area contributed by atoms with Gasteiger partial charge in [-0.25, -0.2) is 0 Å². The lowest BCUT2D eigenvalue weighted by Gasteiger charge is -2.53. The van der Waals surface area contributed by atoms with Crippen LogP contribution in [0, 0.1) is 6.92 Å². The van der Waals surface area contributed by atoms with Crippen molar-refractivity contribution in [3.05, 3.63) is 52.0 Å². The fraction of sp³-hybridized carbons (Fsp3) is 0.526. The van der Waals surface area contributed by atoms with E-state index in [2.05, 4.69) is 28.3 Å². The number of ether oxygens (including phenoxy) is 2. The molecule has 2 fully saturated rings. The third-order valence-corrected chi connectivity index (χ3v) is 6.01. The topological polar surface area (TPSA) is 34.6 Å². The van der Waals surface area contributed by atoms with E-state index in [-0.39, 0.29) is 11.7 Å². The van der Waals surface area contributed by atoms with Gasteiger partial charge in [0, 0.05) is 43.7 Å². The molecule has 4 heterocycles. The number of aryl methyl sites for hydroxylation is 1. The molecule has 0 radical (unpaired) electrons. The summed E-state index contributed by atoms with van der Waals surface area (Å²) in [5.74, 6) is 0. The van der Waals surface area contributed by atoms with Crippen LogP contribution in [0.15, 0.2) is 35.8 Å². The highest BCUT2D eigenvalue weighted by Crippen LogP contribution is 2.37. The summed E-state index contributed by atoms with van der Waals surface area (Å²) in [6.45, 7) is 6.69. The maximum Gasteiger partial charge on any atom is 0.0959 e. The molecule has 0 amide bonds. The van der Waals surface area contributed by atoms with E-state index in [0.717, 1.165) is 44.8 Å². The largest absolute Gasteiger partial charge is 0.372 e. The van der Waals surface area contributed by atoms with Crippen LogP contribution in [0.25, 0.3) is 0 Å². The van der Waals surface area contributed by atoms with E-state index < -0.39 is 0 Å². The van der Waals surface area contributed by atoms with E-state index in [1.165, 1.54) is 10.4 Å². The first kappa shape index (κ1) is 16.2. The first-order valence-corrected chi connectivity index (χ1v) is 9.51. The molecule has 0 aromatic carbocycles. The average molecular weight is 344 g/mol. The Labute approximate surface area is 147 Å². The Hall–Kier alpha value is -1.27. The zero-order chi connectivity index (χ0) is 16.4. The maximum absolute atomic E-state index is 6.13. The molecule has 24 heavy (non-hydrogen) atoms. The van der Waals surface area contributed by atoms with E-state index >= 15 is 0 Å². The van der Waals surface area contributed by atoms with E-state index in [1.54, 1.807) is 0 Å². The molecule has 0 N–H and O–H groups in total. The predicted molar refractivity (Wildman–Crippen MR) is 95.1 cm³/mol. The van der Waals surface area contributed by atoms with Gasteiger partial charge in [-0.2, -0.15) is 0 Å². The summed E-state index contributed by atoms with van der Waals surface area (Å²) in [4.78, 5) is 8.29. The number of hydrogen-bond donors (Lipinski definition) is 0. The number of hydrogen-bond acceptors (Lipinski definition) is 5. The molecule has 2 aromatic heterocycles. The van der Waals surface area contributed by atoms with Gasteiger partial charge >= 0.3 is 0 Å². The molecule has 1 spiro atoms. The molecular formula is C19H24N2O2S. The molecule has 2 aliphatic rings. The molecule has 4 rings (SSSR count). The summed E-state index contributed by atoms with van der Waals surface area (Å²) in [6.07, 6.45) is 4.09. The lowest BCUT2D eigenvalue weighted by Crippen LogP contribution is -2.65. The molecule has 1 atom stereocenters. The van der Waals surface area contributed by atoms with E-state index in [1.807, 2.05) is 35.7 Å². The van der Waals surface area contributed by atoms with Crippen molar-refractivity contribution >= 4 is 11.3 Å². The van der Waals surface area contributed by atoms with Crippen molar-refractivity contribution < 1.29 is 9.47 Å². The molecule has 2 aliphatic heterocycles. The first-order valence-electron chi connectivity index (χ1n) is 8.63. The average Bonchev–Trinajstić information content (AvgIpc) is 2.98. The lowest BCUT2D eigenvalue weighted by molar-refractivity contribution is -0.200. The predicted octanol–water partition coefficient (Wildman–Crippen LogP) is 3.40. The molecule has 4 nitrogen and oxygen atoms in total. The SMILES string of the molecule is Cc1ccsc1CN1CC2(C[C@H](OCc3ccccn3)CCO2)C1. The Kier molecular flexibility index (Phi) is 4.68. The minimum absolute atomic E-state index is 0.0121. The minimum atomic E-state index is 0.0121. The smallest absolute Gasteiger partial charge is 0.0959 e. The Morgan fingerprint density at radius 2 is 2.29 bits per heavy atom. The van der Waals surface area contributed by atoms with Gasteiger partial charge in [-0.15, -0.1) is 11.3 Å². The van der Waals surface area contributed by atoms with Crippen molar-refractivity contribution in [1.29, 1.82) is 0 Å². The maximum atomic E-state index is 6.13. The van der Waals surface area contributed by atoms with Gasteiger partial charge in [0.2, 0.25) is 0 Å². The van der Waals surface area contributed by atoms with Crippen molar-refractivity contribution in [2.75, 3.05) is 19.7 Å². The number of pyridine rings is 1. The fourth-order valence-corrected chi connectivity index (χ4v) is 4.63. The Balaban J connectivity index is 1.27. The zero-order valence-corrected chi connectivity index (χ0v) is 14.9. The van der Waals surface area contributed by atoms with Gasteiger partial charge in [0.1, 0.15) is 0 Å². The van der Waals surface area contributed by atoms with Gasteiger partial charge in [0.15, 0.2) is 0 Å². The summed E-state index contributed by atoms with van der Waals surface area (Å²) in [5.41, 5.74) is 2.42. The summed E-state index contributed by atoms with van der Waals surface area (Å²) in [5, 5.41) is 2.18. The first-order chi connectivity index (χ1) is 11.7. The second-order valence-corrected chi connectivity index (χ2v) is 7.95. The fourth-order valence-electron chi connectivity index (χ4n) is 3.68. The van der Waals surface area contributed by atoms with Crippen LogP contribution in [0.1, 0.15) is 29.0 Å². The molecule has 0 saturated carbocycles. The molecular weight excluding hydrogens is 320 g/mol. The van der Waals surface area contributed by atoms with Crippen molar-refractivity contribution in [3.63, 3.8) is 0 Å². The van der Waals surface area contributed by atoms with Crippen LogP contribution in [0.5, 0.6) is 0 Å². The Morgan fingerprint density at radius 3 is 3.04 bits per heavy atom. The third-order valence-electron chi connectivity index (χ3n) is 5.00. The second-order valence-electron chi connectivity index (χ2n) is 6.95. The van der Waals surface area contributed by atoms with Gasteiger partial charge in [0.05, 0.1) is 24.0 Å². The summed E-state index contributed by atoms with van der Waals surface area (Å²) in [6, 6.07) is 8.16. The van der Waals surface area contributed by atoms with Gasteiger partial charge < -0.3 is 9.47 Å². The molecule has 2 aromatic rings. The van der Waals surface area contributed by atoms with Crippen LogP contribution in [0.3, 0.4) is 0 Å². The molecule has 0 bridgehead atoms. The van der Waals surface area contributed by atoms with Gasteiger partial charge in [-0.3, -0.25) is 9.88 Å². The summed E-state index contributed by atoms with van der Waals surface area (Å²) < 4.78 is 12.2. The summed E-state index contributed by atoms with van der Waals surface area (Å²) in [7, 11) is 0. The van der Waals surface area contributed by atoms with Crippen LogP contribution in [-0.2, 0) is 22.6 Å². The van der Waals surface area contributed by atoms with E-state index in [4.69, 9.17) is 9.47 Å². The van der Waals surface area contributed by atoms with E-state index in [0.29, 0.717) is 6.61 Å². The van der Waals surface area contributed by atoms with Crippen molar-refractivity contribution in [2.45, 2.75) is 44.6 Å². The normalized spacial score (nSPS) is 23.3. The van der Waals surface area contributed by atoms with Crippen LogP contribution < -0.4 is 0 Å². The zero-order valence-electron chi connectivity index (χ0n) is 14.1. The molecule has 5 heteroatoms. The number of likely N-dealkylation sites (tertiary alicyclic amines) is 1. The Bertz CT molecular complexity index is 667. The van der Waals surface area contributed by atoms with Crippen LogP contribution in [-0.4, -0.2) is 41.3 Å². The van der Waals surface area contributed by atoms with Crippen LogP contribution in [0.2, 0.25) is 0 Å². The van der Waals surface area contributed by atoms with Crippen LogP contribution >= 0.6 is 11.3 Å². The van der Waals surface area contributed by atoms with Crippen LogP contribution in [0.4, 0.5) is 0 Å². The van der Waals surface area contributed by atoms with Crippen molar-refractivity contribution in [3.8, 4) is 0 Å². The highest BCUT2D eigenvalue weighted by Gasteiger charge is 2.47. The van der Waals surface area contributed by atoms with Crippen molar-refractivity contribution in [2.24, 2.45) is 0 Å². The van der Waals surface area contributed by atoms with Gasteiger partial charge in [-0.1, -0.05) is 6.07 Å². The highest BCUT2D eigenvalue weighted by molar-refractivity contribution is 7.10. The number of thiophene rings is 1. The monoisotopic (exact) mass is 344 g/mol. The van der Waals surface area contributed by atoms with Crippen molar-refractivity contribution in [1.82, 2.24) is 9.88 Å². The lowest BCUT2D eigenvalue weighted by atomic mass is 9.84. The highest BCUT2D eigenvalue weighted by atomic mass is 32.1. The molecule has 2 saturated heterocycles. The van der Waals surface area contributed by atoms with Gasteiger partial charge in [0.25, 0.3) is 0 Å². The van der Waals surface area contributed by atoms with E-state index in [9.17, 15) is 0 Å². The summed E-state index contributed by atoms with van der Waals surface area (Å²) >= 11 is 1.85. The molecule has 0 aliphatic carbocycles. The third kappa shape index (κ3) is 3.54. The molecule has 0 unspecified atom stereocenters. The number of aromatic nitrogens is 1. The second kappa shape index (κ2) is 6.92. The number of rotatable bonds is 5. The molecule has 128 valence electrons. The minimum Gasteiger partial charge on any atom is -0.372 e. The van der Waals surface area contributed by atoms with Gasteiger partial charge in [-0.05, 0) is 42.5 Å². The number of nitrogens with zero attached hydrogens (tertiary/aromatic N) is 2. The standard InChI is InChI=1S/C19H24N2O2S/c1-15-6-9-24-18(15)11-21-13-19(14-21)10-17(5-8-23-19)22-12-16-4-2-3-7-20-16/h2-4,6-7,9,17H,5,8,10-14H2,1H3/t17-/m1/s1.